The molecule has 0 saturated heterocycles. The standard InChI is InChI=1S/C16H24F2O/c1-10(3-14(19)15(2,17)18)16-7-11-4-12(8-16)6-13(5-11)9-16/h10-13H,3-9H2,1-2H3. The third kappa shape index (κ3) is 2.34. The summed E-state index contributed by atoms with van der Waals surface area (Å²) in [6, 6.07) is 0. The summed E-state index contributed by atoms with van der Waals surface area (Å²) in [5.74, 6) is -1.46. The van der Waals surface area contributed by atoms with Gasteiger partial charge in [0.05, 0.1) is 0 Å². The highest BCUT2D eigenvalue weighted by atomic mass is 19.3. The van der Waals surface area contributed by atoms with Crippen molar-refractivity contribution < 1.29 is 13.6 Å². The van der Waals surface area contributed by atoms with E-state index in [0.717, 1.165) is 24.7 Å². The van der Waals surface area contributed by atoms with Gasteiger partial charge in [-0.2, -0.15) is 8.78 Å². The molecule has 0 aromatic rings. The molecule has 0 aromatic heterocycles. The fourth-order valence-electron chi connectivity index (χ4n) is 5.46. The molecule has 0 aromatic carbocycles. The van der Waals surface area contributed by atoms with Gasteiger partial charge in [-0.05, 0) is 67.6 Å². The van der Waals surface area contributed by atoms with Crippen LogP contribution in [0.5, 0.6) is 0 Å². The van der Waals surface area contributed by atoms with Gasteiger partial charge in [-0.3, -0.25) is 4.79 Å². The minimum absolute atomic E-state index is 0.0651. The number of alkyl halides is 2. The summed E-state index contributed by atoms with van der Waals surface area (Å²) in [5, 5.41) is 0. The second-order valence-electron chi connectivity index (χ2n) is 7.70. The fourth-order valence-corrected chi connectivity index (χ4v) is 5.46. The third-order valence-corrected chi connectivity index (χ3v) is 6.11. The molecule has 0 N–H and O–H groups in total. The first-order valence-corrected chi connectivity index (χ1v) is 7.69. The minimum atomic E-state index is -3.16. The molecule has 4 aliphatic rings. The SMILES string of the molecule is CC(CC(=O)C(C)(F)F)C12CC3CC(CC(C3)C1)C2. The lowest BCUT2D eigenvalue weighted by molar-refractivity contribution is -0.145. The van der Waals surface area contributed by atoms with Crippen molar-refractivity contribution in [1.82, 2.24) is 0 Å². The van der Waals surface area contributed by atoms with Crippen LogP contribution in [0.25, 0.3) is 0 Å². The molecule has 3 heteroatoms. The van der Waals surface area contributed by atoms with Crippen LogP contribution in [0.4, 0.5) is 8.78 Å². The van der Waals surface area contributed by atoms with E-state index in [1.165, 1.54) is 38.5 Å². The van der Waals surface area contributed by atoms with Crippen LogP contribution in [0.15, 0.2) is 0 Å². The second-order valence-corrected chi connectivity index (χ2v) is 7.70. The predicted molar refractivity (Wildman–Crippen MR) is 70.0 cm³/mol. The van der Waals surface area contributed by atoms with Crippen molar-refractivity contribution in [2.45, 2.75) is 64.7 Å². The van der Waals surface area contributed by atoms with Gasteiger partial charge >= 0.3 is 5.92 Å². The zero-order chi connectivity index (χ0) is 13.8. The number of carbonyl (C=O) groups excluding carboxylic acids is 1. The quantitative estimate of drug-likeness (QED) is 0.737. The molecular formula is C16H24F2O. The molecule has 0 spiro atoms. The predicted octanol–water partition coefficient (Wildman–Crippen LogP) is 4.45. The smallest absolute Gasteiger partial charge is 0.293 e. The van der Waals surface area contributed by atoms with E-state index in [-0.39, 0.29) is 17.8 Å². The molecule has 1 atom stereocenters. The fraction of sp³-hybridized carbons (Fsp3) is 0.938. The molecule has 108 valence electrons. The largest absolute Gasteiger partial charge is 0.302 e. The van der Waals surface area contributed by atoms with Crippen molar-refractivity contribution in [3.05, 3.63) is 0 Å². The highest BCUT2D eigenvalue weighted by Crippen LogP contribution is 2.63. The maximum absolute atomic E-state index is 13.1. The molecule has 0 radical (unpaired) electrons. The molecule has 0 aliphatic heterocycles. The lowest BCUT2D eigenvalue weighted by atomic mass is 9.46. The summed E-state index contributed by atoms with van der Waals surface area (Å²) in [4.78, 5) is 11.6. The molecule has 0 amide bonds. The van der Waals surface area contributed by atoms with Crippen LogP contribution in [0, 0.1) is 29.1 Å². The van der Waals surface area contributed by atoms with Gasteiger partial charge in [0.1, 0.15) is 0 Å². The van der Waals surface area contributed by atoms with E-state index in [1.54, 1.807) is 0 Å². The molecule has 1 unspecified atom stereocenters. The molecule has 4 bridgehead atoms. The van der Waals surface area contributed by atoms with Crippen LogP contribution < -0.4 is 0 Å². The summed E-state index contributed by atoms with van der Waals surface area (Å²) in [5.41, 5.74) is 0.204. The first-order valence-electron chi connectivity index (χ1n) is 7.69. The summed E-state index contributed by atoms with van der Waals surface area (Å²) >= 11 is 0. The van der Waals surface area contributed by atoms with Crippen molar-refractivity contribution >= 4 is 5.78 Å². The monoisotopic (exact) mass is 270 g/mol. The Hall–Kier alpha value is -0.470. The van der Waals surface area contributed by atoms with E-state index in [2.05, 4.69) is 0 Å². The van der Waals surface area contributed by atoms with Gasteiger partial charge in [-0.15, -0.1) is 0 Å². The molecule has 19 heavy (non-hydrogen) atoms. The highest BCUT2D eigenvalue weighted by molar-refractivity contribution is 5.85. The van der Waals surface area contributed by atoms with Crippen LogP contribution in [-0.2, 0) is 4.79 Å². The zero-order valence-electron chi connectivity index (χ0n) is 11.9. The van der Waals surface area contributed by atoms with E-state index in [1.807, 2.05) is 6.92 Å². The Balaban J connectivity index is 1.73. The Morgan fingerprint density at radius 3 is 1.95 bits per heavy atom. The number of rotatable bonds is 4. The topological polar surface area (TPSA) is 17.1 Å². The maximum atomic E-state index is 13.1. The number of Topliss-reactive ketones (excluding diaryl/α,β-unsaturated/α-hetero) is 1. The maximum Gasteiger partial charge on any atom is 0.302 e. The lowest BCUT2D eigenvalue weighted by Crippen LogP contribution is -2.49. The number of hydrogen-bond acceptors (Lipinski definition) is 1. The van der Waals surface area contributed by atoms with Gasteiger partial charge in [0.25, 0.3) is 0 Å². The van der Waals surface area contributed by atoms with Gasteiger partial charge in [-0.1, -0.05) is 6.92 Å². The van der Waals surface area contributed by atoms with Crippen molar-refractivity contribution in [3.63, 3.8) is 0 Å². The molecular weight excluding hydrogens is 246 g/mol. The Labute approximate surface area is 114 Å². The van der Waals surface area contributed by atoms with E-state index < -0.39 is 11.7 Å². The average Bonchev–Trinajstić information content (AvgIpc) is 2.25. The van der Waals surface area contributed by atoms with Crippen LogP contribution in [0.2, 0.25) is 0 Å². The number of hydrogen-bond donors (Lipinski definition) is 0. The zero-order valence-corrected chi connectivity index (χ0v) is 11.9. The summed E-state index contributed by atoms with van der Waals surface area (Å²) in [6.07, 6.45) is 7.67. The van der Waals surface area contributed by atoms with Crippen LogP contribution >= 0.6 is 0 Å². The first-order chi connectivity index (χ1) is 8.78. The van der Waals surface area contributed by atoms with Crippen molar-refractivity contribution in [2.75, 3.05) is 0 Å². The van der Waals surface area contributed by atoms with Crippen molar-refractivity contribution in [3.8, 4) is 0 Å². The van der Waals surface area contributed by atoms with Gasteiger partial charge in [0.2, 0.25) is 5.78 Å². The second kappa shape index (κ2) is 4.26. The van der Waals surface area contributed by atoms with Crippen molar-refractivity contribution in [2.24, 2.45) is 29.1 Å². The Bertz CT molecular complexity index is 347. The Morgan fingerprint density at radius 1 is 1.16 bits per heavy atom. The molecule has 4 aliphatic carbocycles. The molecule has 4 fully saturated rings. The number of carbonyl (C=O) groups is 1. The van der Waals surface area contributed by atoms with Crippen molar-refractivity contribution in [1.29, 1.82) is 0 Å². The van der Waals surface area contributed by atoms with Gasteiger partial charge in [-0.25, -0.2) is 0 Å². The minimum Gasteiger partial charge on any atom is -0.293 e. The Morgan fingerprint density at radius 2 is 1.58 bits per heavy atom. The summed E-state index contributed by atoms with van der Waals surface area (Å²) in [6.45, 7) is 2.78. The van der Waals surface area contributed by atoms with E-state index >= 15 is 0 Å². The third-order valence-electron chi connectivity index (χ3n) is 6.11. The first kappa shape index (κ1) is 13.5. The summed E-state index contributed by atoms with van der Waals surface area (Å²) < 4.78 is 26.2. The van der Waals surface area contributed by atoms with Gasteiger partial charge in [0.15, 0.2) is 0 Å². The molecule has 1 nitrogen and oxygen atoms in total. The molecule has 4 saturated carbocycles. The van der Waals surface area contributed by atoms with Crippen LogP contribution in [0.1, 0.15) is 58.8 Å². The van der Waals surface area contributed by atoms with E-state index in [9.17, 15) is 13.6 Å². The van der Waals surface area contributed by atoms with Gasteiger partial charge in [0, 0.05) is 13.3 Å². The van der Waals surface area contributed by atoms with Crippen LogP contribution in [0.3, 0.4) is 0 Å². The average molecular weight is 270 g/mol. The van der Waals surface area contributed by atoms with E-state index in [0.29, 0.717) is 0 Å². The summed E-state index contributed by atoms with van der Waals surface area (Å²) in [7, 11) is 0. The number of ketones is 1. The molecule has 4 rings (SSSR count). The highest BCUT2D eigenvalue weighted by Gasteiger charge is 2.53. The van der Waals surface area contributed by atoms with E-state index in [4.69, 9.17) is 0 Å². The van der Waals surface area contributed by atoms with Gasteiger partial charge < -0.3 is 0 Å². The number of halogens is 2. The normalized spacial score (nSPS) is 42.4. The Kier molecular flexibility index (Phi) is 3.03. The van der Waals surface area contributed by atoms with Crippen LogP contribution in [-0.4, -0.2) is 11.7 Å². The molecule has 0 heterocycles. The lowest BCUT2D eigenvalue weighted by Gasteiger charge is -2.59.